The molecule has 5 rings (SSSR count). The SMILES string of the molecule is CC(=C1SCCCS1)[C@H]1CC[C@H]2[C@@H]3CC=C4C[C@@H](O)CC[C@]4(C)[C@H]3CC[C@]12C. The van der Waals surface area contributed by atoms with Crippen LogP contribution in [-0.2, 0) is 0 Å². The van der Waals surface area contributed by atoms with Gasteiger partial charge in [0.1, 0.15) is 0 Å². The van der Waals surface area contributed by atoms with Crippen molar-refractivity contribution in [3.63, 3.8) is 0 Å². The van der Waals surface area contributed by atoms with Crippen LogP contribution < -0.4 is 0 Å². The molecule has 0 amide bonds. The molecule has 156 valence electrons. The lowest BCUT2D eigenvalue weighted by atomic mass is 9.47. The maximum atomic E-state index is 10.2. The van der Waals surface area contributed by atoms with E-state index in [2.05, 4.69) is 50.4 Å². The van der Waals surface area contributed by atoms with Crippen LogP contribution in [0.5, 0.6) is 0 Å². The van der Waals surface area contributed by atoms with E-state index in [0.29, 0.717) is 10.8 Å². The van der Waals surface area contributed by atoms with Crippen LogP contribution in [0.25, 0.3) is 0 Å². The molecule has 1 aliphatic heterocycles. The zero-order valence-electron chi connectivity index (χ0n) is 18.0. The van der Waals surface area contributed by atoms with Crippen LogP contribution >= 0.6 is 23.5 Å². The number of rotatable bonds is 1. The molecule has 1 nitrogen and oxygen atoms in total. The van der Waals surface area contributed by atoms with Crippen molar-refractivity contribution in [1.82, 2.24) is 0 Å². The highest BCUT2D eigenvalue weighted by atomic mass is 32.2. The largest absolute Gasteiger partial charge is 0.393 e. The second-order valence-electron chi connectivity index (χ2n) is 10.9. The van der Waals surface area contributed by atoms with Crippen LogP contribution in [0, 0.1) is 34.5 Å². The lowest BCUT2D eigenvalue weighted by Gasteiger charge is -2.58. The molecule has 0 aromatic rings. The number of aliphatic hydroxyl groups excluding tert-OH is 1. The second kappa shape index (κ2) is 7.38. The first-order chi connectivity index (χ1) is 13.4. The van der Waals surface area contributed by atoms with E-state index in [0.717, 1.165) is 36.5 Å². The lowest BCUT2D eigenvalue weighted by molar-refractivity contribution is -0.0454. The Labute approximate surface area is 180 Å². The molecular formula is C25H38OS2. The number of fused-ring (bicyclic) bond motifs is 5. The fourth-order valence-corrected chi connectivity index (χ4v) is 10.9. The van der Waals surface area contributed by atoms with E-state index in [9.17, 15) is 5.11 Å². The van der Waals surface area contributed by atoms with Gasteiger partial charge in [0.15, 0.2) is 0 Å². The number of hydrogen-bond donors (Lipinski definition) is 1. The Morgan fingerprint density at radius 2 is 1.82 bits per heavy atom. The van der Waals surface area contributed by atoms with E-state index in [-0.39, 0.29) is 6.10 Å². The summed E-state index contributed by atoms with van der Waals surface area (Å²) in [6.45, 7) is 7.70. The van der Waals surface area contributed by atoms with Crippen molar-refractivity contribution in [1.29, 1.82) is 0 Å². The fourth-order valence-electron chi connectivity index (χ4n) is 8.15. The first-order valence-electron chi connectivity index (χ1n) is 11.8. The van der Waals surface area contributed by atoms with Crippen LogP contribution in [0.4, 0.5) is 0 Å². The summed E-state index contributed by atoms with van der Waals surface area (Å²) in [7, 11) is 0. The Morgan fingerprint density at radius 3 is 2.61 bits per heavy atom. The molecule has 0 aromatic carbocycles. The standard InChI is InChI=1S/C25H38OS2/c1-16(23-27-13-4-14-28-23)20-7-8-21-19-6-5-17-15-18(26)9-11-24(17,2)22(19)10-12-25(20,21)3/h5,18-22,26H,4,6-15H2,1-3H3/t18-,19-,20+,21-,22-,24-,25+/m0/s1. The topological polar surface area (TPSA) is 20.2 Å². The number of hydrogen-bond acceptors (Lipinski definition) is 3. The van der Waals surface area contributed by atoms with Crippen LogP contribution in [0.3, 0.4) is 0 Å². The molecule has 0 bridgehead atoms. The van der Waals surface area contributed by atoms with Gasteiger partial charge in [-0.25, -0.2) is 0 Å². The van der Waals surface area contributed by atoms with Crippen molar-refractivity contribution < 1.29 is 5.11 Å². The van der Waals surface area contributed by atoms with E-state index < -0.39 is 0 Å². The molecule has 3 heteroatoms. The van der Waals surface area contributed by atoms with E-state index in [1.54, 1.807) is 15.4 Å². The third kappa shape index (κ3) is 3.01. The average molecular weight is 419 g/mol. The quantitative estimate of drug-likeness (QED) is 0.462. The van der Waals surface area contributed by atoms with Crippen molar-refractivity contribution in [3.8, 4) is 0 Å². The maximum Gasteiger partial charge on any atom is 0.0577 e. The van der Waals surface area contributed by atoms with Gasteiger partial charge in [-0.2, -0.15) is 0 Å². The maximum absolute atomic E-state index is 10.2. The first kappa shape index (κ1) is 20.1. The highest BCUT2D eigenvalue weighted by Crippen LogP contribution is 2.67. The molecule has 3 saturated carbocycles. The third-order valence-electron chi connectivity index (χ3n) is 9.68. The zero-order valence-corrected chi connectivity index (χ0v) is 19.6. The highest BCUT2D eigenvalue weighted by Gasteiger charge is 2.58. The van der Waals surface area contributed by atoms with E-state index >= 15 is 0 Å². The minimum absolute atomic E-state index is 0.0830. The van der Waals surface area contributed by atoms with Crippen molar-refractivity contribution in [2.75, 3.05) is 11.5 Å². The third-order valence-corrected chi connectivity index (χ3v) is 12.5. The van der Waals surface area contributed by atoms with Gasteiger partial charge in [0.05, 0.1) is 6.10 Å². The minimum atomic E-state index is -0.0830. The van der Waals surface area contributed by atoms with Gasteiger partial charge in [0, 0.05) is 4.24 Å². The van der Waals surface area contributed by atoms with E-state index in [4.69, 9.17) is 0 Å². The Bertz CT molecular complexity index is 689. The fraction of sp³-hybridized carbons (Fsp3) is 0.840. The smallest absolute Gasteiger partial charge is 0.0577 e. The number of allylic oxidation sites excluding steroid dienone is 2. The Hall–Kier alpha value is 0.140. The van der Waals surface area contributed by atoms with Crippen molar-refractivity contribution in [3.05, 3.63) is 21.5 Å². The molecule has 0 spiro atoms. The van der Waals surface area contributed by atoms with Gasteiger partial charge in [0.2, 0.25) is 0 Å². The first-order valence-corrected chi connectivity index (χ1v) is 13.7. The Balaban J connectivity index is 1.43. The Kier molecular flexibility index (Phi) is 5.29. The lowest BCUT2D eigenvalue weighted by Crippen LogP contribution is -2.50. The normalized spacial score (nSPS) is 48.4. The van der Waals surface area contributed by atoms with Crippen molar-refractivity contribution >= 4 is 23.5 Å². The number of aliphatic hydroxyl groups is 1. The van der Waals surface area contributed by atoms with Crippen LogP contribution in [0.15, 0.2) is 21.5 Å². The molecule has 4 aliphatic carbocycles. The molecule has 5 aliphatic rings. The second-order valence-corrected chi connectivity index (χ2v) is 13.3. The molecule has 0 radical (unpaired) electrons. The number of thioether (sulfide) groups is 2. The van der Waals surface area contributed by atoms with Crippen LogP contribution in [0.1, 0.15) is 78.6 Å². The van der Waals surface area contributed by atoms with Crippen LogP contribution in [-0.4, -0.2) is 22.7 Å². The molecular weight excluding hydrogens is 380 g/mol. The summed E-state index contributed by atoms with van der Waals surface area (Å²) in [4.78, 5) is 0. The molecule has 28 heavy (non-hydrogen) atoms. The highest BCUT2D eigenvalue weighted by molar-refractivity contribution is 8.22. The molecule has 4 fully saturated rings. The molecule has 1 N–H and O–H groups in total. The predicted molar refractivity (Wildman–Crippen MR) is 123 cm³/mol. The average Bonchev–Trinajstić information content (AvgIpc) is 3.06. The van der Waals surface area contributed by atoms with Gasteiger partial charge >= 0.3 is 0 Å². The Morgan fingerprint density at radius 1 is 1.04 bits per heavy atom. The van der Waals surface area contributed by atoms with Crippen molar-refractivity contribution in [2.45, 2.75) is 84.7 Å². The van der Waals surface area contributed by atoms with E-state index in [1.807, 2.05) is 0 Å². The molecule has 0 aromatic heterocycles. The summed E-state index contributed by atoms with van der Waals surface area (Å²) < 4.78 is 1.68. The molecule has 1 saturated heterocycles. The molecule has 7 atom stereocenters. The van der Waals surface area contributed by atoms with Gasteiger partial charge in [-0.3, -0.25) is 0 Å². The van der Waals surface area contributed by atoms with Gasteiger partial charge in [-0.1, -0.05) is 25.5 Å². The summed E-state index contributed by atoms with van der Waals surface area (Å²) in [5.41, 5.74) is 4.26. The zero-order chi connectivity index (χ0) is 19.5. The minimum Gasteiger partial charge on any atom is -0.393 e. The van der Waals surface area contributed by atoms with Gasteiger partial charge in [0.25, 0.3) is 0 Å². The summed E-state index contributed by atoms with van der Waals surface area (Å²) >= 11 is 4.29. The summed E-state index contributed by atoms with van der Waals surface area (Å²) in [5.74, 6) is 6.13. The summed E-state index contributed by atoms with van der Waals surface area (Å²) in [6.07, 6.45) is 14.1. The van der Waals surface area contributed by atoms with Crippen molar-refractivity contribution in [2.24, 2.45) is 34.5 Å². The van der Waals surface area contributed by atoms with Gasteiger partial charge in [-0.15, -0.1) is 23.5 Å². The monoisotopic (exact) mass is 418 g/mol. The summed E-state index contributed by atoms with van der Waals surface area (Å²) in [5, 5.41) is 10.2. The van der Waals surface area contributed by atoms with Crippen LogP contribution in [0.2, 0.25) is 0 Å². The molecule has 1 heterocycles. The van der Waals surface area contributed by atoms with Gasteiger partial charge in [-0.05, 0) is 116 Å². The molecule has 0 unspecified atom stereocenters. The predicted octanol–water partition coefficient (Wildman–Crippen LogP) is 7.03. The van der Waals surface area contributed by atoms with E-state index in [1.165, 1.54) is 56.5 Å². The summed E-state index contributed by atoms with van der Waals surface area (Å²) in [6, 6.07) is 0. The van der Waals surface area contributed by atoms with Gasteiger partial charge < -0.3 is 5.11 Å².